The van der Waals surface area contributed by atoms with Crippen molar-refractivity contribution in [2.24, 2.45) is 11.7 Å². The van der Waals surface area contributed by atoms with Crippen LogP contribution < -0.4 is 11.1 Å². The van der Waals surface area contributed by atoms with Gasteiger partial charge in [-0.05, 0) is 46.5 Å². The Labute approximate surface area is 170 Å². The number of primary amides is 1. The van der Waals surface area contributed by atoms with Gasteiger partial charge in [-0.1, -0.05) is 20.8 Å². The average molecular weight is 396 g/mol. The number of terminal acetylenes is 2. The summed E-state index contributed by atoms with van der Waals surface area (Å²) in [6.45, 7) is 13.8. The van der Waals surface area contributed by atoms with Crippen LogP contribution in [0.1, 0.15) is 61.3 Å². The monoisotopic (exact) mass is 395 g/mol. The molecule has 0 radical (unpaired) electrons. The number of likely N-dealkylation sites (tertiary alicyclic amines) is 1. The van der Waals surface area contributed by atoms with E-state index in [2.05, 4.69) is 51.8 Å². The largest absolute Gasteiger partial charge is 0.444 e. The Morgan fingerprint density at radius 2 is 1.50 bits per heavy atom. The van der Waals surface area contributed by atoms with E-state index in [0.717, 1.165) is 12.3 Å². The molecule has 3 amide bonds. The molecule has 1 fully saturated rings. The van der Waals surface area contributed by atoms with Gasteiger partial charge in [0.25, 0.3) is 0 Å². The minimum Gasteiger partial charge on any atom is -0.444 e. The lowest BCUT2D eigenvalue weighted by molar-refractivity contribution is -0.138. The molecule has 0 aromatic rings. The zero-order chi connectivity index (χ0) is 23.1. The molecule has 160 valence electrons. The topological polar surface area (TPSA) is 102 Å². The van der Waals surface area contributed by atoms with Crippen molar-refractivity contribution < 1.29 is 19.1 Å². The molecule has 3 N–H and O–H groups in total. The zero-order valence-corrected chi connectivity index (χ0v) is 18.3. The van der Waals surface area contributed by atoms with E-state index in [1.807, 2.05) is 0 Å². The van der Waals surface area contributed by atoms with Gasteiger partial charge in [-0.2, -0.15) is 0 Å². The van der Waals surface area contributed by atoms with Crippen molar-refractivity contribution in [1.29, 1.82) is 0 Å². The number of rotatable bonds is 3. The van der Waals surface area contributed by atoms with E-state index in [4.69, 9.17) is 10.5 Å². The fourth-order valence-electron chi connectivity index (χ4n) is 2.12. The Morgan fingerprint density at radius 3 is 1.86 bits per heavy atom. The number of nitrogens with zero attached hydrogens (tertiary/aromatic N) is 1. The van der Waals surface area contributed by atoms with Crippen LogP contribution in [0.4, 0.5) is 4.79 Å². The van der Waals surface area contributed by atoms with Crippen molar-refractivity contribution >= 4 is 17.9 Å². The Balaban J connectivity index is -0.000000675. The minimum atomic E-state index is -0.759. The second kappa shape index (κ2) is 15.4. The van der Waals surface area contributed by atoms with Crippen molar-refractivity contribution in [1.82, 2.24) is 10.2 Å². The van der Waals surface area contributed by atoms with Crippen LogP contribution in [0.2, 0.25) is 0 Å². The number of nitrogens with one attached hydrogen (secondary N) is 1. The van der Waals surface area contributed by atoms with Crippen LogP contribution >= 0.6 is 0 Å². The fourth-order valence-corrected chi connectivity index (χ4v) is 2.12. The first kappa shape index (κ1) is 30.1. The second-order valence-electron chi connectivity index (χ2n) is 7.69. The molecule has 7 nitrogen and oxygen atoms in total. The van der Waals surface area contributed by atoms with E-state index < -0.39 is 29.7 Å². The molecule has 0 aliphatic carbocycles. The number of carbonyl (C=O) groups is 3. The van der Waals surface area contributed by atoms with E-state index >= 15 is 0 Å². The molecule has 7 heteroatoms. The summed E-state index contributed by atoms with van der Waals surface area (Å²) in [6.07, 6.45) is 16.6. The van der Waals surface area contributed by atoms with E-state index in [-0.39, 0.29) is 5.91 Å². The standard InChI is InChI=1S/C13H23N3O4.C4H10.2C2H2/c1-8(15-12(19)20-13(2,3)4)11(18)16-7-5-6-9(16)10(14)17;1-4(2)3;2*1-2/h8-9H,5-7H2,1-4H3,(H2,14,17)(H,15,19);4H,1-3H3;2*1-2H/t8?,9-;;;/m0.../s1. The third kappa shape index (κ3) is 14.5. The summed E-state index contributed by atoms with van der Waals surface area (Å²) in [4.78, 5) is 36.5. The van der Waals surface area contributed by atoms with Gasteiger partial charge in [0.2, 0.25) is 11.8 Å². The van der Waals surface area contributed by atoms with Crippen LogP contribution in [0.15, 0.2) is 0 Å². The highest BCUT2D eigenvalue weighted by Gasteiger charge is 2.35. The van der Waals surface area contributed by atoms with Crippen LogP contribution in [0.25, 0.3) is 0 Å². The van der Waals surface area contributed by atoms with Gasteiger partial charge in [0.05, 0.1) is 0 Å². The Kier molecular flexibility index (Phi) is 16.5. The summed E-state index contributed by atoms with van der Waals surface area (Å²) in [7, 11) is 0. The first-order valence-electron chi connectivity index (χ1n) is 9.11. The van der Waals surface area contributed by atoms with E-state index in [9.17, 15) is 14.4 Å². The van der Waals surface area contributed by atoms with E-state index in [1.54, 1.807) is 27.7 Å². The van der Waals surface area contributed by atoms with Gasteiger partial charge >= 0.3 is 6.09 Å². The second-order valence-corrected chi connectivity index (χ2v) is 7.69. The van der Waals surface area contributed by atoms with Crippen LogP contribution in [0.5, 0.6) is 0 Å². The normalized spacial score (nSPS) is 16.0. The van der Waals surface area contributed by atoms with Crippen LogP contribution in [0, 0.1) is 31.6 Å². The lowest BCUT2D eigenvalue weighted by atomic mass is 10.2. The molecule has 2 atom stereocenters. The van der Waals surface area contributed by atoms with Crippen molar-refractivity contribution in [2.75, 3.05) is 6.54 Å². The molecule has 0 aromatic heterocycles. The van der Waals surface area contributed by atoms with Crippen molar-refractivity contribution in [3.05, 3.63) is 0 Å². The van der Waals surface area contributed by atoms with Gasteiger partial charge in [-0.3, -0.25) is 9.59 Å². The third-order valence-corrected chi connectivity index (χ3v) is 2.97. The molecule has 1 rings (SSSR count). The van der Waals surface area contributed by atoms with Gasteiger partial charge in [-0.15, -0.1) is 25.7 Å². The predicted molar refractivity (Wildman–Crippen MR) is 113 cm³/mol. The zero-order valence-electron chi connectivity index (χ0n) is 18.3. The highest BCUT2D eigenvalue weighted by molar-refractivity contribution is 5.91. The van der Waals surface area contributed by atoms with Gasteiger partial charge in [-0.25, -0.2) is 4.79 Å². The van der Waals surface area contributed by atoms with Crippen molar-refractivity contribution in [3.8, 4) is 25.7 Å². The molecular formula is C21H37N3O4. The summed E-state index contributed by atoms with van der Waals surface area (Å²) in [5, 5.41) is 2.47. The molecule has 1 aliphatic heterocycles. The number of nitrogens with two attached hydrogens (primary N) is 1. The maximum Gasteiger partial charge on any atom is 0.408 e. The van der Waals surface area contributed by atoms with Gasteiger partial charge < -0.3 is 20.7 Å². The SMILES string of the molecule is C#C.C#C.CC(C)C.CC(NC(=O)OC(C)(C)C)C(=O)N1CCC[C@H]1C(N)=O. The number of amides is 3. The summed E-state index contributed by atoms with van der Waals surface area (Å²) >= 11 is 0. The third-order valence-electron chi connectivity index (χ3n) is 2.97. The quantitative estimate of drug-likeness (QED) is 0.717. The Bertz CT molecular complexity index is 510. The smallest absolute Gasteiger partial charge is 0.408 e. The molecule has 1 unspecified atom stereocenters. The summed E-state index contributed by atoms with van der Waals surface area (Å²) < 4.78 is 5.08. The Hall–Kier alpha value is -2.67. The first-order chi connectivity index (χ1) is 12.8. The fraction of sp³-hybridized carbons (Fsp3) is 0.667. The number of hydrogen-bond acceptors (Lipinski definition) is 4. The van der Waals surface area contributed by atoms with E-state index in [0.29, 0.717) is 13.0 Å². The summed E-state index contributed by atoms with van der Waals surface area (Å²) in [6, 6.07) is -1.34. The number of hydrogen-bond donors (Lipinski definition) is 2. The summed E-state index contributed by atoms with van der Waals surface area (Å²) in [5.74, 6) is -0.00234. The maximum atomic E-state index is 12.2. The predicted octanol–water partition coefficient (Wildman–Crippen LogP) is 2.54. The molecule has 1 saturated heterocycles. The Morgan fingerprint density at radius 1 is 1.07 bits per heavy atom. The van der Waals surface area contributed by atoms with Crippen LogP contribution in [-0.2, 0) is 14.3 Å². The molecular weight excluding hydrogens is 358 g/mol. The lowest BCUT2D eigenvalue weighted by Crippen LogP contribution is -2.52. The molecule has 1 aliphatic rings. The number of ether oxygens (including phenoxy) is 1. The van der Waals surface area contributed by atoms with Crippen LogP contribution in [0.3, 0.4) is 0 Å². The molecule has 0 aromatic carbocycles. The maximum absolute atomic E-state index is 12.2. The molecule has 1 heterocycles. The first-order valence-corrected chi connectivity index (χ1v) is 9.11. The average Bonchev–Trinajstić information content (AvgIpc) is 3.05. The lowest BCUT2D eigenvalue weighted by Gasteiger charge is -2.27. The summed E-state index contributed by atoms with van der Waals surface area (Å²) in [5.41, 5.74) is 4.64. The van der Waals surface area contributed by atoms with Crippen molar-refractivity contribution in [2.45, 2.75) is 79.0 Å². The van der Waals surface area contributed by atoms with Crippen LogP contribution in [-0.4, -0.2) is 47.0 Å². The van der Waals surface area contributed by atoms with E-state index in [1.165, 1.54) is 4.90 Å². The number of carbonyl (C=O) groups excluding carboxylic acids is 3. The van der Waals surface area contributed by atoms with Gasteiger partial charge in [0.1, 0.15) is 17.7 Å². The van der Waals surface area contributed by atoms with Gasteiger partial charge in [0, 0.05) is 6.54 Å². The number of alkyl carbamates (subject to hydrolysis) is 1. The van der Waals surface area contributed by atoms with Crippen molar-refractivity contribution in [3.63, 3.8) is 0 Å². The minimum absolute atomic E-state index is 0.322. The highest BCUT2D eigenvalue weighted by Crippen LogP contribution is 2.18. The molecule has 0 saturated carbocycles. The molecule has 0 spiro atoms. The molecule has 28 heavy (non-hydrogen) atoms. The van der Waals surface area contributed by atoms with Gasteiger partial charge in [0.15, 0.2) is 0 Å². The molecule has 0 bridgehead atoms. The highest BCUT2D eigenvalue weighted by atomic mass is 16.6.